The predicted octanol–water partition coefficient (Wildman–Crippen LogP) is 1.49. The number of nitrogens with one attached hydrogen (secondary N) is 2. The molecule has 1 unspecified atom stereocenters. The number of ether oxygens (including phenoxy) is 1. The van der Waals surface area contributed by atoms with E-state index in [1.807, 2.05) is 0 Å². The van der Waals surface area contributed by atoms with Gasteiger partial charge in [0, 0.05) is 25.7 Å². The average Bonchev–Trinajstić information content (AvgIpc) is 2.53. The van der Waals surface area contributed by atoms with Crippen LogP contribution in [-0.4, -0.2) is 49.0 Å². The molecule has 0 aliphatic carbocycles. The molecule has 2 aliphatic heterocycles. The van der Waals surface area contributed by atoms with Crippen molar-refractivity contribution in [2.24, 2.45) is 0 Å². The van der Waals surface area contributed by atoms with Crippen LogP contribution in [0.5, 0.6) is 5.75 Å². The molecule has 118 valence electrons. The van der Waals surface area contributed by atoms with Gasteiger partial charge in [-0.3, -0.25) is 9.59 Å². The highest BCUT2D eigenvalue weighted by molar-refractivity contribution is 6.34. The highest BCUT2D eigenvalue weighted by atomic mass is 35.5. The van der Waals surface area contributed by atoms with Gasteiger partial charge in [0.2, 0.25) is 0 Å². The Kier molecular flexibility index (Phi) is 4.22. The second kappa shape index (κ2) is 6.14. The predicted molar refractivity (Wildman–Crippen MR) is 83.6 cm³/mol. The van der Waals surface area contributed by atoms with Crippen molar-refractivity contribution >= 4 is 29.1 Å². The minimum Gasteiger partial charge on any atom is -0.482 e. The summed E-state index contributed by atoms with van der Waals surface area (Å²) in [7, 11) is 0. The number of anilines is 1. The molecule has 0 radical (unpaired) electrons. The number of piperazine rings is 1. The van der Waals surface area contributed by atoms with Crippen LogP contribution < -0.4 is 15.4 Å². The van der Waals surface area contributed by atoms with Crippen LogP contribution in [-0.2, 0) is 4.79 Å². The van der Waals surface area contributed by atoms with E-state index in [4.69, 9.17) is 16.3 Å². The first-order valence-corrected chi connectivity index (χ1v) is 7.75. The molecule has 22 heavy (non-hydrogen) atoms. The number of hydrogen-bond donors (Lipinski definition) is 2. The molecule has 7 heteroatoms. The monoisotopic (exact) mass is 323 g/mol. The molecule has 0 aromatic heterocycles. The maximum Gasteiger partial charge on any atom is 0.262 e. The van der Waals surface area contributed by atoms with E-state index < -0.39 is 0 Å². The summed E-state index contributed by atoms with van der Waals surface area (Å²) in [6.07, 6.45) is 0.969. The zero-order valence-corrected chi connectivity index (χ0v) is 13.1. The second-order valence-electron chi connectivity index (χ2n) is 5.48. The number of hydrogen-bond acceptors (Lipinski definition) is 4. The van der Waals surface area contributed by atoms with Gasteiger partial charge in [-0.25, -0.2) is 0 Å². The SMILES string of the molecule is CCC1CN(C(=O)c2cc3c(cc2Cl)NC(=O)CO3)CCN1. The first-order valence-electron chi connectivity index (χ1n) is 7.37. The molecular weight excluding hydrogens is 306 g/mol. The summed E-state index contributed by atoms with van der Waals surface area (Å²) >= 11 is 6.22. The average molecular weight is 324 g/mol. The molecule has 1 atom stereocenters. The quantitative estimate of drug-likeness (QED) is 0.865. The lowest BCUT2D eigenvalue weighted by atomic mass is 10.1. The summed E-state index contributed by atoms with van der Waals surface area (Å²) in [5.41, 5.74) is 0.915. The maximum atomic E-state index is 12.7. The molecule has 1 saturated heterocycles. The molecule has 2 heterocycles. The highest BCUT2D eigenvalue weighted by Gasteiger charge is 2.27. The molecule has 0 saturated carbocycles. The molecule has 1 aromatic carbocycles. The van der Waals surface area contributed by atoms with Crippen LogP contribution >= 0.6 is 11.6 Å². The van der Waals surface area contributed by atoms with E-state index in [0.717, 1.165) is 13.0 Å². The number of carbonyl (C=O) groups excluding carboxylic acids is 2. The number of amides is 2. The number of fused-ring (bicyclic) bond motifs is 1. The van der Waals surface area contributed by atoms with Crippen molar-refractivity contribution in [2.75, 3.05) is 31.6 Å². The van der Waals surface area contributed by atoms with E-state index in [0.29, 0.717) is 41.2 Å². The third-order valence-corrected chi connectivity index (χ3v) is 4.28. The number of carbonyl (C=O) groups is 2. The van der Waals surface area contributed by atoms with Gasteiger partial charge in [0.05, 0.1) is 16.3 Å². The third kappa shape index (κ3) is 2.89. The highest BCUT2D eigenvalue weighted by Crippen LogP contribution is 2.34. The minimum atomic E-state index is -0.226. The van der Waals surface area contributed by atoms with E-state index in [9.17, 15) is 9.59 Å². The summed E-state index contributed by atoms with van der Waals surface area (Å²) < 4.78 is 5.36. The minimum absolute atomic E-state index is 0.0478. The number of nitrogens with zero attached hydrogens (tertiary/aromatic N) is 1. The van der Waals surface area contributed by atoms with Gasteiger partial charge in [0.15, 0.2) is 6.61 Å². The summed E-state index contributed by atoms with van der Waals surface area (Å²) in [6.45, 7) is 4.14. The summed E-state index contributed by atoms with van der Waals surface area (Å²) in [5.74, 6) is 0.151. The molecule has 2 amide bonds. The summed E-state index contributed by atoms with van der Waals surface area (Å²) in [4.78, 5) is 25.8. The molecule has 1 fully saturated rings. The fourth-order valence-electron chi connectivity index (χ4n) is 2.72. The molecule has 3 rings (SSSR count). The van der Waals surface area contributed by atoms with Crippen LogP contribution in [0.15, 0.2) is 12.1 Å². The Balaban J connectivity index is 1.85. The van der Waals surface area contributed by atoms with Crippen LogP contribution in [0.1, 0.15) is 23.7 Å². The topological polar surface area (TPSA) is 70.7 Å². The van der Waals surface area contributed by atoms with E-state index >= 15 is 0 Å². The van der Waals surface area contributed by atoms with Crippen molar-refractivity contribution in [3.05, 3.63) is 22.7 Å². The van der Waals surface area contributed by atoms with Crippen molar-refractivity contribution in [3.63, 3.8) is 0 Å². The normalized spacial score (nSPS) is 20.9. The maximum absolute atomic E-state index is 12.7. The van der Waals surface area contributed by atoms with Crippen LogP contribution in [0.3, 0.4) is 0 Å². The van der Waals surface area contributed by atoms with Crippen LogP contribution in [0.25, 0.3) is 0 Å². The first kappa shape index (κ1) is 15.1. The molecule has 6 nitrogen and oxygen atoms in total. The van der Waals surface area contributed by atoms with Crippen molar-refractivity contribution in [3.8, 4) is 5.75 Å². The lowest BCUT2D eigenvalue weighted by Gasteiger charge is -2.33. The third-order valence-electron chi connectivity index (χ3n) is 3.97. The van der Waals surface area contributed by atoms with Crippen LogP contribution in [0, 0.1) is 0 Å². The Morgan fingerprint density at radius 1 is 1.50 bits per heavy atom. The standard InChI is InChI=1S/C15H18ClN3O3/c1-2-9-7-19(4-3-17-9)15(21)10-5-13-12(6-11(10)16)18-14(20)8-22-13/h5-6,9,17H,2-4,7-8H2,1H3,(H,18,20). The van der Waals surface area contributed by atoms with Gasteiger partial charge in [0.25, 0.3) is 11.8 Å². The van der Waals surface area contributed by atoms with Crippen molar-refractivity contribution in [2.45, 2.75) is 19.4 Å². The smallest absolute Gasteiger partial charge is 0.262 e. The fraction of sp³-hybridized carbons (Fsp3) is 0.467. The lowest BCUT2D eigenvalue weighted by molar-refractivity contribution is -0.118. The van der Waals surface area contributed by atoms with Gasteiger partial charge >= 0.3 is 0 Å². The lowest BCUT2D eigenvalue weighted by Crippen LogP contribution is -2.52. The zero-order valence-electron chi connectivity index (χ0n) is 12.3. The Morgan fingerprint density at radius 3 is 3.09 bits per heavy atom. The van der Waals surface area contributed by atoms with Gasteiger partial charge in [0.1, 0.15) is 5.75 Å². The van der Waals surface area contributed by atoms with E-state index in [2.05, 4.69) is 17.6 Å². The van der Waals surface area contributed by atoms with Crippen molar-refractivity contribution in [1.29, 1.82) is 0 Å². The Hall–Kier alpha value is -1.79. The van der Waals surface area contributed by atoms with E-state index in [1.54, 1.807) is 17.0 Å². The van der Waals surface area contributed by atoms with Gasteiger partial charge in [-0.05, 0) is 18.6 Å². The summed E-state index contributed by atoms with van der Waals surface area (Å²) in [6, 6.07) is 3.49. The Labute approximate surface area is 133 Å². The molecule has 2 aliphatic rings. The van der Waals surface area contributed by atoms with E-state index in [-0.39, 0.29) is 18.4 Å². The Bertz CT molecular complexity index is 620. The van der Waals surface area contributed by atoms with Crippen LogP contribution in [0.4, 0.5) is 5.69 Å². The van der Waals surface area contributed by atoms with Crippen molar-refractivity contribution < 1.29 is 14.3 Å². The number of halogens is 1. The second-order valence-corrected chi connectivity index (χ2v) is 5.88. The van der Waals surface area contributed by atoms with Gasteiger partial charge in [-0.1, -0.05) is 18.5 Å². The number of rotatable bonds is 2. The number of benzene rings is 1. The van der Waals surface area contributed by atoms with Gasteiger partial charge < -0.3 is 20.3 Å². The Morgan fingerprint density at radius 2 is 2.32 bits per heavy atom. The van der Waals surface area contributed by atoms with E-state index in [1.165, 1.54) is 0 Å². The molecule has 1 aromatic rings. The molecule has 0 bridgehead atoms. The molecular formula is C15H18ClN3O3. The van der Waals surface area contributed by atoms with Gasteiger partial charge in [-0.2, -0.15) is 0 Å². The summed E-state index contributed by atoms with van der Waals surface area (Å²) in [5, 5.41) is 6.38. The zero-order chi connectivity index (χ0) is 15.7. The van der Waals surface area contributed by atoms with Gasteiger partial charge in [-0.15, -0.1) is 0 Å². The molecule has 0 spiro atoms. The van der Waals surface area contributed by atoms with Crippen LogP contribution in [0.2, 0.25) is 5.02 Å². The van der Waals surface area contributed by atoms with Crippen molar-refractivity contribution in [1.82, 2.24) is 10.2 Å². The first-order chi connectivity index (χ1) is 10.6. The molecule has 2 N–H and O–H groups in total. The largest absolute Gasteiger partial charge is 0.482 e. The fourth-order valence-corrected chi connectivity index (χ4v) is 2.96.